The third-order valence-corrected chi connectivity index (χ3v) is 3.85. The molecule has 0 spiro atoms. The topological polar surface area (TPSA) is 68.5 Å². The summed E-state index contributed by atoms with van der Waals surface area (Å²) in [5.41, 5.74) is 0.604. The van der Waals surface area contributed by atoms with Crippen molar-refractivity contribution in [3.8, 4) is 11.5 Å². The number of aliphatic carboxylic acids is 1. The zero-order chi connectivity index (χ0) is 14.8. The van der Waals surface area contributed by atoms with Crippen LogP contribution in [0, 0.1) is 0 Å². The number of rotatable bonds is 4. The molecular weight excluding hydrogens is 290 g/mol. The van der Waals surface area contributed by atoms with Gasteiger partial charge in [-0.25, -0.2) is 0 Å². The Labute approximate surface area is 123 Å². The Hall–Kier alpha value is -2.60. The van der Waals surface area contributed by atoms with Crippen molar-refractivity contribution in [3.05, 3.63) is 58.2 Å². The summed E-state index contributed by atoms with van der Waals surface area (Å²) in [5.74, 6) is 0.271. The van der Waals surface area contributed by atoms with Gasteiger partial charge in [0, 0.05) is 6.07 Å². The number of hydrogen-bond donors (Lipinski definition) is 1. The van der Waals surface area contributed by atoms with Gasteiger partial charge in [0.1, 0.15) is 18.0 Å². The first-order valence-electron chi connectivity index (χ1n) is 6.21. The normalized spacial score (nSPS) is 10.7. The molecule has 0 aliphatic heterocycles. The minimum atomic E-state index is -1.04. The van der Waals surface area contributed by atoms with Crippen molar-refractivity contribution in [1.82, 2.24) is 4.57 Å². The van der Waals surface area contributed by atoms with E-state index in [1.165, 1.54) is 4.57 Å². The zero-order valence-corrected chi connectivity index (χ0v) is 11.7. The molecule has 0 saturated carbocycles. The van der Waals surface area contributed by atoms with E-state index >= 15 is 0 Å². The number of carboxylic acids is 1. The van der Waals surface area contributed by atoms with Crippen LogP contribution in [0.3, 0.4) is 0 Å². The van der Waals surface area contributed by atoms with E-state index < -0.39 is 5.97 Å². The monoisotopic (exact) mass is 301 g/mol. The standard InChI is InChI=1S/C15H11NO4S/c17-14(18)9-16-12-7-6-11(8-13(12)21-15(16)19)20-10-4-2-1-3-5-10/h1-8H,9H2,(H,17,18). The van der Waals surface area contributed by atoms with E-state index in [4.69, 9.17) is 9.84 Å². The maximum absolute atomic E-state index is 11.8. The van der Waals surface area contributed by atoms with Gasteiger partial charge in [-0.2, -0.15) is 0 Å². The van der Waals surface area contributed by atoms with Gasteiger partial charge >= 0.3 is 10.8 Å². The number of aromatic nitrogens is 1. The lowest BCUT2D eigenvalue weighted by atomic mass is 10.3. The number of hydrogen-bond acceptors (Lipinski definition) is 4. The Balaban J connectivity index is 1.98. The fourth-order valence-corrected chi connectivity index (χ4v) is 2.94. The molecule has 1 aromatic heterocycles. The van der Waals surface area contributed by atoms with Gasteiger partial charge in [0.25, 0.3) is 0 Å². The minimum Gasteiger partial charge on any atom is -0.480 e. The largest absolute Gasteiger partial charge is 0.480 e. The van der Waals surface area contributed by atoms with Gasteiger partial charge in [-0.05, 0) is 24.3 Å². The second kappa shape index (κ2) is 5.41. The van der Waals surface area contributed by atoms with Crippen LogP contribution >= 0.6 is 11.3 Å². The van der Waals surface area contributed by atoms with Gasteiger partial charge in [-0.3, -0.25) is 14.2 Å². The summed E-state index contributed by atoms with van der Waals surface area (Å²) < 4.78 is 7.64. The summed E-state index contributed by atoms with van der Waals surface area (Å²) in [6.07, 6.45) is 0. The molecule has 106 valence electrons. The van der Waals surface area contributed by atoms with Crippen molar-refractivity contribution in [2.45, 2.75) is 6.54 Å². The van der Waals surface area contributed by atoms with E-state index in [1.807, 2.05) is 30.3 Å². The van der Waals surface area contributed by atoms with E-state index in [2.05, 4.69) is 0 Å². The predicted molar refractivity (Wildman–Crippen MR) is 80.2 cm³/mol. The van der Waals surface area contributed by atoms with E-state index in [1.54, 1.807) is 18.2 Å². The number of fused-ring (bicyclic) bond motifs is 1. The zero-order valence-electron chi connectivity index (χ0n) is 10.9. The highest BCUT2D eigenvalue weighted by Gasteiger charge is 2.11. The van der Waals surface area contributed by atoms with Gasteiger partial charge in [0.05, 0.1) is 10.2 Å². The summed E-state index contributed by atoms with van der Waals surface area (Å²) in [7, 11) is 0. The molecule has 0 saturated heterocycles. The molecule has 3 rings (SSSR count). The first-order valence-corrected chi connectivity index (χ1v) is 7.03. The molecule has 0 unspecified atom stereocenters. The van der Waals surface area contributed by atoms with Crippen molar-refractivity contribution in [1.29, 1.82) is 0 Å². The van der Waals surface area contributed by atoms with E-state index in [-0.39, 0.29) is 11.4 Å². The predicted octanol–water partition coefficient (Wildman–Crippen LogP) is 2.94. The third-order valence-electron chi connectivity index (χ3n) is 2.91. The Bertz CT molecular complexity index is 851. The highest BCUT2D eigenvalue weighted by Crippen LogP contribution is 2.27. The molecular formula is C15H11NO4S. The summed E-state index contributed by atoms with van der Waals surface area (Å²) in [5, 5.41) is 8.84. The fourth-order valence-electron chi connectivity index (χ4n) is 2.02. The van der Waals surface area contributed by atoms with Crippen LogP contribution in [0.25, 0.3) is 10.2 Å². The van der Waals surface area contributed by atoms with Crippen molar-refractivity contribution >= 4 is 27.5 Å². The second-order valence-corrected chi connectivity index (χ2v) is 5.39. The molecule has 0 radical (unpaired) electrons. The maximum atomic E-state index is 11.8. The lowest BCUT2D eigenvalue weighted by Gasteiger charge is -2.05. The number of para-hydroxylation sites is 1. The quantitative estimate of drug-likeness (QED) is 0.804. The maximum Gasteiger partial charge on any atom is 0.323 e. The van der Waals surface area contributed by atoms with Gasteiger partial charge in [0.2, 0.25) is 0 Å². The van der Waals surface area contributed by atoms with Crippen LogP contribution in [0.1, 0.15) is 0 Å². The average molecular weight is 301 g/mol. The number of thiazole rings is 1. The van der Waals surface area contributed by atoms with Crippen LogP contribution in [0.5, 0.6) is 11.5 Å². The van der Waals surface area contributed by atoms with Crippen LogP contribution < -0.4 is 9.61 Å². The summed E-state index contributed by atoms with van der Waals surface area (Å²) in [6.45, 7) is -0.336. The summed E-state index contributed by atoms with van der Waals surface area (Å²) >= 11 is 1.01. The molecule has 0 aliphatic carbocycles. The Morgan fingerprint density at radius 3 is 2.62 bits per heavy atom. The molecule has 1 N–H and O–H groups in total. The van der Waals surface area contributed by atoms with Crippen LogP contribution in [0.15, 0.2) is 53.3 Å². The number of carboxylic acid groups (broad SMARTS) is 1. The molecule has 5 nitrogen and oxygen atoms in total. The first kappa shape index (κ1) is 13.4. The van der Waals surface area contributed by atoms with Gasteiger partial charge in [-0.1, -0.05) is 29.5 Å². The smallest absolute Gasteiger partial charge is 0.323 e. The molecule has 0 amide bonds. The molecule has 0 bridgehead atoms. The lowest BCUT2D eigenvalue weighted by molar-refractivity contribution is -0.137. The van der Waals surface area contributed by atoms with Crippen molar-refractivity contribution in [2.24, 2.45) is 0 Å². The Morgan fingerprint density at radius 1 is 1.14 bits per heavy atom. The highest BCUT2D eigenvalue weighted by atomic mass is 32.1. The number of ether oxygens (including phenoxy) is 1. The molecule has 1 heterocycles. The average Bonchev–Trinajstić information content (AvgIpc) is 2.75. The van der Waals surface area contributed by atoms with Crippen LogP contribution in [0.2, 0.25) is 0 Å². The Morgan fingerprint density at radius 2 is 1.90 bits per heavy atom. The summed E-state index contributed by atoms with van der Waals surface area (Å²) in [6, 6.07) is 14.5. The van der Waals surface area contributed by atoms with Gasteiger partial charge in [0.15, 0.2) is 0 Å². The Kier molecular flexibility index (Phi) is 3.45. The van der Waals surface area contributed by atoms with Crippen molar-refractivity contribution in [2.75, 3.05) is 0 Å². The number of carbonyl (C=O) groups is 1. The van der Waals surface area contributed by atoms with Gasteiger partial charge < -0.3 is 9.84 Å². The van der Waals surface area contributed by atoms with Crippen LogP contribution in [-0.2, 0) is 11.3 Å². The molecule has 0 atom stereocenters. The SMILES string of the molecule is O=C(O)Cn1c(=O)sc2cc(Oc3ccccc3)ccc21. The van der Waals surface area contributed by atoms with Crippen molar-refractivity contribution in [3.63, 3.8) is 0 Å². The van der Waals surface area contributed by atoms with E-state index in [9.17, 15) is 9.59 Å². The second-order valence-electron chi connectivity index (χ2n) is 4.39. The van der Waals surface area contributed by atoms with Gasteiger partial charge in [-0.15, -0.1) is 0 Å². The molecule has 3 aromatic rings. The first-order chi connectivity index (χ1) is 10.1. The number of benzene rings is 2. The number of nitrogens with zero attached hydrogens (tertiary/aromatic N) is 1. The lowest BCUT2D eigenvalue weighted by Crippen LogP contribution is -2.18. The molecule has 0 fully saturated rings. The fraction of sp³-hybridized carbons (Fsp3) is 0.0667. The molecule has 21 heavy (non-hydrogen) atoms. The van der Waals surface area contributed by atoms with E-state index in [0.717, 1.165) is 11.3 Å². The minimum absolute atomic E-state index is 0.288. The summed E-state index contributed by atoms with van der Waals surface area (Å²) in [4.78, 5) is 22.3. The molecule has 2 aromatic carbocycles. The molecule has 0 aliphatic rings. The highest BCUT2D eigenvalue weighted by molar-refractivity contribution is 7.16. The third kappa shape index (κ3) is 2.80. The van der Waals surface area contributed by atoms with Crippen molar-refractivity contribution < 1.29 is 14.6 Å². The molecule has 6 heteroatoms. The van der Waals surface area contributed by atoms with Crippen LogP contribution in [0.4, 0.5) is 0 Å². The van der Waals surface area contributed by atoms with Crippen LogP contribution in [-0.4, -0.2) is 15.6 Å². The van der Waals surface area contributed by atoms with E-state index in [0.29, 0.717) is 21.7 Å².